The van der Waals surface area contributed by atoms with Gasteiger partial charge in [0.2, 0.25) is 0 Å². The number of carbonyl (C=O) groups is 1. The van der Waals surface area contributed by atoms with Crippen LogP contribution in [0.4, 0.5) is 0 Å². The Balaban J connectivity index is 0. The minimum absolute atomic E-state index is 0. The van der Waals surface area contributed by atoms with Crippen molar-refractivity contribution >= 4 is 29.9 Å². The molecule has 0 aliphatic carbocycles. The predicted octanol–water partition coefficient (Wildman–Crippen LogP) is 0.640. The van der Waals surface area contributed by atoms with Crippen LogP contribution in [0.15, 0.2) is 0 Å². The van der Waals surface area contributed by atoms with Gasteiger partial charge in [0.25, 0.3) is 0 Å². The SMILES string of the molecule is CC(=O)OO.I. The summed E-state index contributed by atoms with van der Waals surface area (Å²) in [6.07, 6.45) is 0. The van der Waals surface area contributed by atoms with Gasteiger partial charge in [0.05, 0.1) is 0 Å². The van der Waals surface area contributed by atoms with Gasteiger partial charge in [0.15, 0.2) is 0 Å². The van der Waals surface area contributed by atoms with E-state index in [1.165, 1.54) is 0 Å². The number of carbonyl (C=O) groups excluding carboxylic acids is 1. The number of halogens is 1. The fourth-order valence-corrected chi connectivity index (χ4v) is 0. The van der Waals surface area contributed by atoms with Gasteiger partial charge in [0.1, 0.15) is 0 Å². The molecule has 0 rings (SSSR count). The molecule has 0 saturated heterocycles. The van der Waals surface area contributed by atoms with E-state index < -0.39 is 5.97 Å². The summed E-state index contributed by atoms with van der Waals surface area (Å²) in [5.41, 5.74) is 0. The van der Waals surface area contributed by atoms with E-state index in [4.69, 9.17) is 5.26 Å². The Labute approximate surface area is 52.2 Å². The van der Waals surface area contributed by atoms with Crippen molar-refractivity contribution in [3.05, 3.63) is 0 Å². The molecule has 0 unspecified atom stereocenters. The van der Waals surface area contributed by atoms with E-state index in [1.807, 2.05) is 0 Å². The number of hydrogen-bond acceptors (Lipinski definition) is 3. The highest BCUT2D eigenvalue weighted by molar-refractivity contribution is 14.0. The maximum Gasteiger partial charge on any atom is 0.339 e. The van der Waals surface area contributed by atoms with Crippen LogP contribution in [0.1, 0.15) is 6.92 Å². The van der Waals surface area contributed by atoms with Gasteiger partial charge in [-0.05, 0) is 0 Å². The highest BCUT2D eigenvalue weighted by Crippen LogP contribution is 1.59. The van der Waals surface area contributed by atoms with E-state index in [1.54, 1.807) is 0 Å². The highest BCUT2D eigenvalue weighted by atomic mass is 127. The summed E-state index contributed by atoms with van der Waals surface area (Å²) in [7, 11) is 0. The molecule has 3 nitrogen and oxygen atoms in total. The van der Waals surface area contributed by atoms with Crippen LogP contribution in [0.3, 0.4) is 0 Å². The Bertz CT molecular complexity index is 44.1. The van der Waals surface area contributed by atoms with Crippen molar-refractivity contribution in [2.24, 2.45) is 0 Å². The molecule has 4 heteroatoms. The third kappa shape index (κ3) is 8.90. The smallest absolute Gasteiger partial charge is 0.301 e. The van der Waals surface area contributed by atoms with Crippen molar-refractivity contribution in [3.8, 4) is 0 Å². The third-order valence-corrected chi connectivity index (χ3v) is 0.129. The first-order valence-corrected chi connectivity index (χ1v) is 1.09. The third-order valence-electron chi connectivity index (χ3n) is 0.129. The van der Waals surface area contributed by atoms with Gasteiger partial charge >= 0.3 is 5.97 Å². The lowest BCUT2D eigenvalue weighted by Gasteiger charge is -1.76. The quantitative estimate of drug-likeness (QED) is 0.357. The molecule has 6 heavy (non-hydrogen) atoms. The fraction of sp³-hybridized carbons (Fsp3) is 0.500. The normalized spacial score (nSPS) is 5.67. The molecule has 38 valence electrons. The van der Waals surface area contributed by atoms with Crippen molar-refractivity contribution in [1.29, 1.82) is 0 Å². The monoisotopic (exact) mass is 204 g/mol. The van der Waals surface area contributed by atoms with Crippen LogP contribution in [-0.2, 0) is 9.68 Å². The lowest BCUT2D eigenvalue weighted by Crippen LogP contribution is -1.89. The minimum Gasteiger partial charge on any atom is -0.301 e. The van der Waals surface area contributed by atoms with Crippen LogP contribution < -0.4 is 0 Å². The van der Waals surface area contributed by atoms with E-state index in [0.717, 1.165) is 6.92 Å². The van der Waals surface area contributed by atoms with Gasteiger partial charge in [-0.25, -0.2) is 4.79 Å². The highest BCUT2D eigenvalue weighted by Gasteiger charge is 1.79. The summed E-state index contributed by atoms with van der Waals surface area (Å²) < 4.78 is 0. The molecule has 0 heterocycles. The standard InChI is InChI=1S/C2H4O3.HI/c1-2(3)5-4;/h4H,1H3;1H. The number of hydrogen-bond donors (Lipinski definition) is 1. The van der Waals surface area contributed by atoms with Crippen molar-refractivity contribution in [2.45, 2.75) is 6.92 Å². The second kappa shape index (κ2) is 5.16. The average Bonchev–Trinajstić information content (AvgIpc) is 1.38. The molecule has 0 fully saturated rings. The lowest BCUT2D eigenvalue weighted by molar-refractivity contribution is -0.231. The van der Waals surface area contributed by atoms with Crippen LogP contribution >= 0.6 is 24.0 Å². The Morgan fingerprint density at radius 2 is 2.00 bits per heavy atom. The fourth-order valence-electron chi connectivity index (χ4n) is 0. The molecule has 0 amide bonds. The van der Waals surface area contributed by atoms with E-state index in [2.05, 4.69) is 4.89 Å². The van der Waals surface area contributed by atoms with Crippen LogP contribution in [0.2, 0.25) is 0 Å². The Kier molecular flexibility index (Phi) is 8.15. The van der Waals surface area contributed by atoms with Gasteiger partial charge in [0, 0.05) is 6.92 Å². The maximum atomic E-state index is 9.34. The molecular formula is C2H5IO3. The maximum absolute atomic E-state index is 9.34. The minimum atomic E-state index is -0.690. The summed E-state index contributed by atoms with van der Waals surface area (Å²) in [6, 6.07) is 0. The molecule has 0 spiro atoms. The van der Waals surface area contributed by atoms with Crippen molar-refractivity contribution in [2.75, 3.05) is 0 Å². The Morgan fingerprint density at radius 3 is 2.00 bits per heavy atom. The molecule has 0 aromatic rings. The van der Waals surface area contributed by atoms with Gasteiger partial charge in [-0.15, -0.1) is 24.0 Å². The topological polar surface area (TPSA) is 46.5 Å². The Hall–Kier alpha value is 0.160. The van der Waals surface area contributed by atoms with E-state index in [9.17, 15) is 4.79 Å². The molecule has 0 aliphatic heterocycles. The second-order valence-corrected chi connectivity index (χ2v) is 0.583. The largest absolute Gasteiger partial charge is 0.339 e. The summed E-state index contributed by atoms with van der Waals surface area (Å²) >= 11 is 0. The van der Waals surface area contributed by atoms with Gasteiger partial charge < -0.3 is 4.89 Å². The molecule has 0 bridgehead atoms. The zero-order valence-corrected chi connectivity index (χ0v) is 5.50. The van der Waals surface area contributed by atoms with E-state index >= 15 is 0 Å². The van der Waals surface area contributed by atoms with Crippen molar-refractivity contribution in [3.63, 3.8) is 0 Å². The number of rotatable bonds is 0. The molecule has 1 N–H and O–H groups in total. The molecule has 0 radical (unpaired) electrons. The molecule has 0 saturated carbocycles. The summed E-state index contributed by atoms with van der Waals surface area (Å²) in [5, 5.41) is 7.29. The first kappa shape index (κ1) is 9.48. The zero-order chi connectivity index (χ0) is 4.28. The molecule has 0 atom stereocenters. The van der Waals surface area contributed by atoms with Crippen LogP contribution in [0.5, 0.6) is 0 Å². The van der Waals surface area contributed by atoms with Crippen molar-refractivity contribution in [1.82, 2.24) is 0 Å². The van der Waals surface area contributed by atoms with E-state index in [0.29, 0.717) is 0 Å². The molecular weight excluding hydrogens is 199 g/mol. The first-order chi connectivity index (χ1) is 2.27. The molecule has 0 aliphatic rings. The Morgan fingerprint density at radius 1 is 1.83 bits per heavy atom. The zero-order valence-electron chi connectivity index (χ0n) is 3.17. The first-order valence-electron chi connectivity index (χ1n) is 1.09. The predicted molar refractivity (Wildman–Crippen MR) is 29.8 cm³/mol. The van der Waals surface area contributed by atoms with Gasteiger partial charge in [-0.3, -0.25) is 0 Å². The summed E-state index contributed by atoms with van der Waals surface area (Å²) in [6.45, 7) is 1.11. The van der Waals surface area contributed by atoms with Gasteiger partial charge in [-0.2, -0.15) is 5.26 Å². The van der Waals surface area contributed by atoms with Crippen LogP contribution in [0.25, 0.3) is 0 Å². The summed E-state index contributed by atoms with van der Waals surface area (Å²) in [4.78, 5) is 12.5. The molecule has 0 aromatic heterocycles. The van der Waals surface area contributed by atoms with Crippen molar-refractivity contribution < 1.29 is 14.9 Å². The molecule has 0 aromatic carbocycles. The second-order valence-electron chi connectivity index (χ2n) is 0.583. The van der Waals surface area contributed by atoms with Crippen LogP contribution in [0, 0.1) is 0 Å². The summed E-state index contributed by atoms with van der Waals surface area (Å²) in [5.74, 6) is -0.690. The average molecular weight is 204 g/mol. The lowest BCUT2D eigenvalue weighted by atomic mass is 10.9. The van der Waals surface area contributed by atoms with Gasteiger partial charge in [-0.1, -0.05) is 0 Å². The van der Waals surface area contributed by atoms with E-state index in [-0.39, 0.29) is 24.0 Å². The van der Waals surface area contributed by atoms with Crippen LogP contribution in [-0.4, -0.2) is 11.2 Å².